The zero-order chi connectivity index (χ0) is 31.2. The summed E-state index contributed by atoms with van der Waals surface area (Å²) >= 11 is 0. The third-order valence-electron chi connectivity index (χ3n) is 8.38. The van der Waals surface area contributed by atoms with E-state index in [0.29, 0.717) is 17.5 Å². The molecular weight excluding hydrogens is 578 g/mol. The van der Waals surface area contributed by atoms with Crippen LogP contribution in [0, 0.1) is 0 Å². The summed E-state index contributed by atoms with van der Waals surface area (Å²) in [6.07, 6.45) is 1.80. The first kappa shape index (κ1) is 26.8. The minimum Gasteiger partial charge on any atom is -0.454 e. The number of hydrogen-bond donors (Lipinski definition) is 0. The molecule has 4 aromatic heterocycles. The van der Waals surface area contributed by atoms with Gasteiger partial charge in [0.05, 0.1) is 16.6 Å². The average Bonchev–Trinajstić information content (AvgIpc) is 3.54. The zero-order valence-corrected chi connectivity index (χ0v) is 25.1. The third kappa shape index (κ3) is 4.80. The molecule has 0 aliphatic carbocycles. The number of furan rings is 1. The first-order valence-electron chi connectivity index (χ1n) is 15.4. The second-order valence-electron chi connectivity index (χ2n) is 11.3. The van der Waals surface area contributed by atoms with E-state index in [-0.39, 0.29) is 0 Å². The summed E-state index contributed by atoms with van der Waals surface area (Å²) in [5.41, 5.74) is 9.96. The first-order valence-corrected chi connectivity index (χ1v) is 15.4. The fourth-order valence-corrected chi connectivity index (χ4v) is 6.17. The van der Waals surface area contributed by atoms with Gasteiger partial charge in [-0.3, -0.25) is 4.98 Å². The van der Waals surface area contributed by atoms with E-state index in [4.69, 9.17) is 24.4 Å². The lowest BCUT2D eigenvalue weighted by Gasteiger charge is -2.13. The molecule has 9 rings (SSSR count). The number of pyridine rings is 2. The van der Waals surface area contributed by atoms with E-state index in [1.165, 1.54) is 0 Å². The predicted molar refractivity (Wildman–Crippen MR) is 187 cm³/mol. The van der Waals surface area contributed by atoms with Gasteiger partial charge in [0.2, 0.25) is 0 Å². The molecule has 6 nitrogen and oxygen atoms in total. The van der Waals surface area contributed by atoms with Gasteiger partial charge in [-0.2, -0.15) is 0 Å². The Balaban J connectivity index is 1.23. The van der Waals surface area contributed by atoms with Crippen molar-refractivity contribution >= 4 is 33.0 Å². The summed E-state index contributed by atoms with van der Waals surface area (Å²) in [6.45, 7) is 0. The van der Waals surface area contributed by atoms with Crippen LogP contribution in [0.5, 0.6) is 0 Å². The normalized spacial score (nSPS) is 11.4. The Kier molecular flexibility index (Phi) is 6.35. The molecule has 47 heavy (non-hydrogen) atoms. The molecule has 220 valence electrons. The van der Waals surface area contributed by atoms with E-state index in [1.54, 1.807) is 6.20 Å². The molecule has 4 heterocycles. The van der Waals surface area contributed by atoms with E-state index in [1.807, 2.05) is 91.0 Å². The second kappa shape index (κ2) is 11.1. The molecule has 0 fully saturated rings. The van der Waals surface area contributed by atoms with Gasteiger partial charge in [-0.1, -0.05) is 109 Å². The van der Waals surface area contributed by atoms with E-state index in [0.717, 1.165) is 72.0 Å². The maximum atomic E-state index is 6.16. The minimum absolute atomic E-state index is 0.610. The van der Waals surface area contributed by atoms with Crippen molar-refractivity contribution < 1.29 is 4.42 Å². The Labute approximate surface area is 270 Å². The molecule has 0 bridgehead atoms. The number of rotatable bonds is 5. The molecule has 5 aromatic carbocycles. The number of nitrogens with zero attached hydrogens (tertiary/aromatic N) is 5. The lowest BCUT2D eigenvalue weighted by Crippen LogP contribution is -2.00. The molecule has 0 spiro atoms. The van der Waals surface area contributed by atoms with Gasteiger partial charge >= 0.3 is 0 Å². The highest BCUT2D eigenvalue weighted by atomic mass is 16.3. The van der Waals surface area contributed by atoms with Gasteiger partial charge in [-0.15, -0.1) is 0 Å². The Morgan fingerprint density at radius 2 is 1.04 bits per heavy atom. The molecule has 0 aliphatic heterocycles. The summed E-state index contributed by atoms with van der Waals surface area (Å²) in [4.78, 5) is 24.6. The smallest absolute Gasteiger partial charge is 0.164 e. The molecule has 0 amide bonds. The SMILES string of the molecule is c1ccc(-c2nc(-c3ccccc3)nc(-c3cccc(-c4cc(-c5cccc6oc7cccnc7c56)nc5ccccc45)c3)n2)cc1. The van der Waals surface area contributed by atoms with Gasteiger partial charge in [-0.05, 0) is 47.5 Å². The topological polar surface area (TPSA) is 77.6 Å². The Bertz CT molecular complexity index is 2520. The lowest BCUT2D eigenvalue weighted by atomic mass is 9.96. The van der Waals surface area contributed by atoms with Crippen molar-refractivity contribution in [3.8, 4) is 56.5 Å². The fraction of sp³-hybridized carbons (Fsp3) is 0. The molecule has 9 aromatic rings. The van der Waals surface area contributed by atoms with Crippen LogP contribution in [0.3, 0.4) is 0 Å². The molecular formula is C41H25N5O. The predicted octanol–water partition coefficient (Wildman–Crippen LogP) is 10.0. The molecule has 0 aliphatic rings. The van der Waals surface area contributed by atoms with Gasteiger partial charge in [0.25, 0.3) is 0 Å². The van der Waals surface area contributed by atoms with Crippen LogP contribution in [0.2, 0.25) is 0 Å². The second-order valence-corrected chi connectivity index (χ2v) is 11.3. The molecule has 0 saturated carbocycles. The van der Waals surface area contributed by atoms with Crippen LogP contribution < -0.4 is 0 Å². The quantitative estimate of drug-likeness (QED) is 0.195. The van der Waals surface area contributed by atoms with Crippen LogP contribution in [0.4, 0.5) is 0 Å². The third-order valence-corrected chi connectivity index (χ3v) is 8.38. The van der Waals surface area contributed by atoms with Crippen LogP contribution in [0.15, 0.2) is 156 Å². The number of benzene rings is 5. The first-order chi connectivity index (χ1) is 23.3. The Morgan fingerprint density at radius 3 is 1.81 bits per heavy atom. The molecule has 0 N–H and O–H groups in total. The highest BCUT2D eigenvalue weighted by Crippen LogP contribution is 2.39. The van der Waals surface area contributed by atoms with Crippen LogP contribution in [-0.2, 0) is 0 Å². The minimum atomic E-state index is 0.610. The largest absolute Gasteiger partial charge is 0.454 e. The van der Waals surface area contributed by atoms with Gasteiger partial charge in [0.1, 0.15) is 11.1 Å². The molecule has 0 atom stereocenters. The molecule has 0 saturated heterocycles. The van der Waals surface area contributed by atoms with Crippen LogP contribution in [0.25, 0.3) is 89.5 Å². The van der Waals surface area contributed by atoms with Gasteiger partial charge in [0.15, 0.2) is 23.1 Å². The van der Waals surface area contributed by atoms with E-state index < -0.39 is 0 Å². The van der Waals surface area contributed by atoms with Gasteiger partial charge in [0, 0.05) is 33.8 Å². The standard InChI is InChI=1S/C41H25N5O/c1-3-12-26(13-4-1)39-44-40(27-14-5-2-6-15-27)46-41(45-39)29-17-9-16-28(24-29)32-25-34(43-33-20-8-7-18-30(32)33)31-19-10-21-35-37(31)38-36(47-35)22-11-23-42-38/h1-25H. The average molecular weight is 604 g/mol. The van der Waals surface area contributed by atoms with Gasteiger partial charge < -0.3 is 4.42 Å². The Morgan fingerprint density at radius 1 is 0.426 bits per heavy atom. The van der Waals surface area contributed by atoms with Crippen molar-refractivity contribution in [2.45, 2.75) is 0 Å². The van der Waals surface area contributed by atoms with Gasteiger partial charge in [-0.25, -0.2) is 19.9 Å². The fourth-order valence-electron chi connectivity index (χ4n) is 6.17. The highest BCUT2D eigenvalue weighted by Gasteiger charge is 2.18. The maximum Gasteiger partial charge on any atom is 0.164 e. The van der Waals surface area contributed by atoms with Crippen molar-refractivity contribution in [2.24, 2.45) is 0 Å². The van der Waals surface area contributed by atoms with Crippen LogP contribution in [-0.4, -0.2) is 24.9 Å². The lowest BCUT2D eigenvalue weighted by molar-refractivity contribution is 0.668. The van der Waals surface area contributed by atoms with Crippen molar-refractivity contribution in [3.05, 3.63) is 152 Å². The van der Waals surface area contributed by atoms with E-state index in [9.17, 15) is 0 Å². The van der Waals surface area contributed by atoms with E-state index >= 15 is 0 Å². The highest BCUT2D eigenvalue weighted by molar-refractivity contribution is 6.11. The maximum absolute atomic E-state index is 6.16. The summed E-state index contributed by atoms with van der Waals surface area (Å²) < 4.78 is 6.16. The summed E-state index contributed by atoms with van der Waals surface area (Å²) in [6, 6.07) is 48.8. The van der Waals surface area contributed by atoms with Crippen molar-refractivity contribution in [1.82, 2.24) is 24.9 Å². The summed E-state index contributed by atoms with van der Waals surface area (Å²) in [5.74, 6) is 1.87. The number of fused-ring (bicyclic) bond motifs is 4. The monoisotopic (exact) mass is 603 g/mol. The van der Waals surface area contributed by atoms with Crippen LogP contribution in [0.1, 0.15) is 0 Å². The molecule has 0 unspecified atom stereocenters. The van der Waals surface area contributed by atoms with Crippen LogP contribution >= 0.6 is 0 Å². The summed E-state index contributed by atoms with van der Waals surface area (Å²) in [5, 5.41) is 2.01. The summed E-state index contributed by atoms with van der Waals surface area (Å²) in [7, 11) is 0. The number of aromatic nitrogens is 5. The number of para-hydroxylation sites is 1. The van der Waals surface area contributed by atoms with Crippen molar-refractivity contribution in [2.75, 3.05) is 0 Å². The molecule has 0 radical (unpaired) electrons. The Hall–Kier alpha value is -6.53. The molecule has 6 heteroatoms. The number of hydrogen-bond acceptors (Lipinski definition) is 6. The van der Waals surface area contributed by atoms with E-state index in [2.05, 4.69) is 59.6 Å². The van der Waals surface area contributed by atoms with Crippen molar-refractivity contribution in [1.29, 1.82) is 0 Å². The van der Waals surface area contributed by atoms with Crippen molar-refractivity contribution in [3.63, 3.8) is 0 Å². The zero-order valence-electron chi connectivity index (χ0n) is 25.1.